The first kappa shape index (κ1) is 12.0. The standard InChI is InChI=1S/C11H12BrF2NO/c12-7-3-1-2-6(4-7)11(15,10(13)14)8-5-9(8)16/h1-4,8-10,16H,5,15H2/t8-,9?,11+/m0/s1. The fraction of sp³-hybridized carbons (Fsp3) is 0.455. The van der Waals surface area contributed by atoms with Gasteiger partial charge in [-0.15, -0.1) is 0 Å². The summed E-state index contributed by atoms with van der Waals surface area (Å²) in [5, 5.41) is 9.32. The number of aliphatic hydroxyl groups excluding tert-OH is 1. The number of aliphatic hydroxyl groups is 1. The Kier molecular flexibility index (Phi) is 3.03. The molecule has 1 aliphatic carbocycles. The van der Waals surface area contributed by atoms with E-state index in [4.69, 9.17) is 5.73 Å². The lowest BCUT2D eigenvalue weighted by molar-refractivity contribution is 0.0282. The van der Waals surface area contributed by atoms with Crippen LogP contribution in [-0.4, -0.2) is 17.6 Å². The first-order chi connectivity index (χ1) is 7.46. The van der Waals surface area contributed by atoms with E-state index < -0.39 is 24.0 Å². The Morgan fingerprint density at radius 2 is 2.12 bits per heavy atom. The van der Waals surface area contributed by atoms with Gasteiger partial charge in [-0.25, -0.2) is 8.78 Å². The molecular formula is C11H12BrF2NO. The molecule has 0 aliphatic heterocycles. The minimum atomic E-state index is -2.69. The van der Waals surface area contributed by atoms with Crippen LogP contribution in [0.1, 0.15) is 12.0 Å². The van der Waals surface area contributed by atoms with Gasteiger partial charge in [0.25, 0.3) is 6.43 Å². The van der Waals surface area contributed by atoms with Gasteiger partial charge in [-0.1, -0.05) is 28.1 Å². The first-order valence-electron chi connectivity index (χ1n) is 4.97. The zero-order valence-corrected chi connectivity index (χ0v) is 9.99. The van der Waals surface area contributed by atoms with Crippen molar-refractivity contribution in [1.82, 2.24) is 0 Å². The van der Waals surface area contributed by atoms with Crippen molar-refractivity contribution in [3.63, 3.8) is 0 Å². The van der Waals surface area contributed by atoms with Crippen molar-refractivity contribution in [2.75, 3.05) is 0 Å². The Bertz CT molecular complexity index is 401. The normalized spacial score (nSPS) is 27.9. The monoisotopic (exact) mass is 291 g/mol. The summed E-state index contributed by atoms with van der Waals surface area (Å²) in [6, 6.07) is 6.57. The Hall–Kier alpha value is -0.520. The maximum absolute atomic E-state index is 13.1. The van der Waals surface area contributed by atoms with Gasteiger partial charge in [-0.05, 0) is 24.1 Å². The predicted molar refractivity (Wildman–Crippen MR) is 60.1 cm³/mol. The van der Waals surface area contributed by atoms with Crippen LogP contribution in [0.5, 0.6) is 0 Å². The van der Waals surface area contributed by atoms with Crippen LogP contribution in [0, 0.1) is 5.92 Å². The van der Waals surface area contributed by atoms with Crippen LogP contribution in [0.4, 0.5) is 8.78 Å². The second-order valence-electron chi connectivity index (χ2n) is 4.15. The van der Waals surface area contributed by atoms with E-state index in [-0.39, 0.29) is 0 Å². The third kappa shape index (κ3) is 1.87. The molecule has 0 heterocycles. The molecule has 2 nitrogen and oxygen atoms in total. The molecule has 0 aromatic heterocycles. The summed E-state index contributed by atoms with van der Waals surface area (Å²) in [5.41, 5.74) is 4.41. The minimum Gasteiger partial charge on any atom is -0.393 e. The van der Waals surface area contributed by atoms with Gasteiger partial charge in [0.15, 0.2) is 0 Å². The molecule has 0 saturated heterocycles. The molecule has 3 N–H and O–H groups in total. The highest BCUT2D eigenvalue weighted by Crippen LogP contribution is 2.47. The van der Waals surface area contributed by atoms with Crippen molar-refractivity contribution in [3.8, 4) is 0 Å². The molecule has 0 radical (unpaired) electrons. The number of halogens is 3. The van der Waals surface area contributed by atoms with Crippen molar-refractivity contribution < 1.29 is 13.9 Å². The number of rotatable bonds is 3. The van der Waals surface area contributed by atoms with E-state index in [1.165, 1.54) is 0 Å². The molecule has 0 spiro atoms. The fourth-order valence-corrected chi connectivity index (χ4v) is 2.35. The summed E-state index contributed by atoms with van der Waals surface area (Å²) >= 11 is 3.23. The number of benzene rings is 1. The molecule has 0 bridgehead atoms. The number of alkyl halides is 2. The van der Waals surface area contributed by atoms with Crippen molar-refractivity contribution >= 4 is 15.9 Å². The molecule has 5 heteroatoms. The van der Waals surface area contributed by atoms with Crippen LogP contribution in [0.3, 0.4) is 0 Å². The average molecular weight is 292 g/mol. The molecule has 16 heavy (non-hydrogen) atoms. The van der Waals surface area contributed by atoms with Gasteiger partial charge >= 0.3 is 0 Å². The minimum absolute atomic E-state index is 0.341. The topological polar surface area (TPSA) is 46.2 Å². The lowest BCUT2D eigenvalue weighted by Gasteiger charge is -2.29. The highest BCUT2D eigenvalue weighted by Gasteiger charge is 2.56. The van der Waals surface area contributed by atoms with Crippen LogP contribution >= 0.6 is 15.9 Å². The first-order valence-corrected chi connectivity index (χ1v) is 5.76. The van der Waals surface area contributed by atoms with Crippen LogP contribution in [-0.2, 0) is 5.54 Å². The van der Waals surface area contributed by atoms with E-state index in [0.717, 1.165) is 0 Å². The third-order valence-corrected chi connectivity index (χ3v) is 3.55. The zero-order valence-electron chi connectivity index (χ0n) is 8.41. The van der Waals surface area contributed by atoms with E-state index >= 15 is 0 Å². The van der Waals surface area contributed by atoms with E-state index in [1.807, 2.05) is 0 Å². The maximum Gasteiger partial charge on any atom is 0.260 e. The smallest absolute Gasteiger partial charge is 0.260 e. The van der Waals surface area contributed by atoms with Crippen molar-refractivity contribution in [2.45, 2.75) is 24.5 Å². The fourth-order valence-electron chi connectivity index (χ4n) is 1.95. The molecule has 2 rings (SSSR count). The molecule has 1 unspecified atom stereocenters. The van der Waals surface area contributed by atoms with Crippen LogP contribution in [0.2, 0.25) is 0 Å². The van der Waals surface area contributed by atoms with Crippen molar-refractivity contribution in [2.24, 2.45) is 11.7 Å². The predicted octanol–water partition coefficient (Wildman–Crippen LogP) is 2.25. The summed E-state index contributed by atoms with van der Waals surface area (Å²) in [6.07, 6.45) is -3.06. The SMILES string of the molecule is N[C@@](c1cccc(Br)c1)(C(F)F)[C@H]1CC1O. The lowest BCUT2D eigenvalue weighted by atomic mass is 9.86. The Labute approximate surface area is 101 Å². The molecule has 1 aromatic carbocycles. The van der Waals surface area contributed by atoms with Gasteiger partial charge in [0.2, 0.25) is 0 Å². The van der Waals surface area contributed by atoms with Gasteiger partial charge in [0, 0.05) is 10.4 Å². The molecule has 1 fully saturated rings. The average Bonchev–Trinajstić information content (AvgIpc) is 2.94. The van der Waals surface area contributed by atoms with Crippen LogP contribution < -0.4 is 5.73 Å². The molecule has 88 valence electrons. The van der Waals surface area contributed by atoms with E-state index in [0.29, 0.717) is 16.5 Å². The zero-order chi connectivity index (χ0) is 11.9. The number of nitrogens with two attached hydrogens (primary N) is 1. The Morgan fingerprint density at radius 1 is 1.50 bits per heavy atom. The van der Waals surface area contributed by atoms with Crippen LogP contribution in [0.15, 0.2) is 28.7 Å². The Morgan fingerprint density at radius 3 is 2.56 bits per heavy atom. The quantitative estimate of drug-likeness (QED) is 0.897. The maximum atomic E-state index is 13.1. The number of hydrogen-bond donors (Lipinski definition) is 2. The van der Waals surface area contributed by atoms with Gasteiger partial charge in [-0.2, -0.15) is 0 Å². The van der Waals surface area contributed by atoms with Crippen LogP contribution in [0.25, 0.3) is 0 Å². The molecule has 1 aliphatic rings. The molecule has 0 amide bonds. The van der Waals surface area contributed by atoms with E-state index in [9.17, 15) is 13.9 Å². The highest BCUT2D eigenvalue weighted by molar-refractivity contribution is 9.10. The third-order valence-electron chi connectivity index (χ3n) is 3.06. The second-order valence-corrected chi connectivity index (χ2v) is 5.07. The lowest BCUT2D eigenvalue weighted by Crippen LogP contribution is -2.47. The Balaban J connectivity index is 2.40. The van der Waals surface area contributed by atoms with Gasteiger partial charge in [0.1, 0.15) is 5.54 Å². The van der Waals surface area contributed by atoms with E-state index in [2.05, 4.69) is 15.9 Å². The largest absolute Gasteiger partial charge is 0.393 e. The van der Waals surface area contributed by atoms with E-state index in [1.54, 1.807) is 24.3 Å². The number of hydrogen-bond acceptors (Lipinski definition) is 2. The summed E-state index contributed by atoms with van der Waals surface area (Å²) in [7, 11) is 0. The van der Waals surface area contributed by atoms with Gasteiger partial charge in [0.05, 0.1) is 6.10 Å². The van der Waals surface area contributed by atoms with Gasteiger partial charge in [-0.3, -0.25) is 0 Å². The summed E-state index contributed by atoms with van der Waals surface area (Å²) in [5.74, 6) is -0.554. The molecular weight excluding hydrogens is 280 g/mol. The second kappa shape index (κ2) is 4.05. The summed E-state index contributed by atoms with van der Waals surface area (Å²) in [6.45, 7) is 0. The molecule has 1 aromatic rings. The molecule has 3 atom stereocenters. The summed E-state index contributed by atoms with van der Waals surface area (Å²) < 4.78 is 26.9. The van der Waals surface area contributed by atoms with Crippen molar-refractivity contribution in [3.05, 3.63) is 34.3 Å². The summed E-state index contributed by atoms with van der Waals surface area (Å²) in [4.78, 5) is 0. The highest BCUT2D eigenvalue weighted by atomic mass is 79.9. The van der Waals surface area contributed by atoms with Gasteiger partial charge < -0.3 is 10.8 Å². The van der Waals surface area contributed by atoms with Crippen molar-refractivity contribution in [1.29, 1.82) is 0 Å². The molecule has 1 saturated carbocycles.